The molecule has 5 rings (SSSR count). The zero-order valence-corrected chi connectivity index (χ0v) is 21.6. The molecule has 3 heterocycles. The van der Waals surface area contributed by atoms with Crippen LogP contribution in [0, 0.1) is 5.41 Å². The zero-order chi connectivity index (χ0) is 25.1. The van der Waals surface area contributed by atoms with Crippen LogP contribution in [0.25, 0.3) is 0 Å². The average Bonchev–Trinajstić information content (AvgIpc) is 2.89. The second-order valence-electron chi connectivity index (χ2n) is 10.7. The molecule has 3 saturated heterocycles. The van der Waals surface area contributed by atoms with Gasteiger partial charge in [0, 0.05) is 24.7 Å². The van der Waals surface area contributed by atoms with E-state index in [1.54, 1.807) is 0 Å². The Balaban J connectivity index is 1.33. The monoisotopic (exact) mass is 509 g/mol. The standard InChI is InChI=1S/C29H36ClN3O3/c30-24-11-7-8-22(18-24)20-33-27(23-9-3-1-4-10-23)25(34)19-29(28(33)36)12-16-31(17-13-29)21-26(35)32-14-5-2-6-15-32/h1,3-4,7-11,18,25,27,34H,2,5-6,12-17,19-21H2/t25-,27+/m1/s1. The molecule has 0 bridgehead atoms. The molecule has 2 aromatic rings. The number of aliphatic hydroxyl groups is 1. The maximum atomic E-state index is 14.2. The fourth-order valence-electron chi connectivity index (χ4n) is 6.28. The number of amides is 2. The molecule has 2 atom stereocenters. The number of hydrogen-bond acceptors (Lipinski definition) is 4. The first-order valence-corrected chi connectivity index (χ1v) is 13.6. The third kappa shape index (κ3) is 5.31. The quantitative estimate of drug-likeness (QED) is 0.653. The molecule has 3 aliphatic heterocycles. The molecule has 3 fully saturated rings. The highest BCUT2D eigenvalue weighted by molar-refractivity contribution is 6.30. The summed E-state index contributed by atoms with van der Waals surface area (Å²) >= 11 is 6.25. The highest BCUT2D eigenvalue weighted by atomic mass is 35.5. The molecule has 0 saturated carbocycles. The van der Waals surface area contributed by atoms with Gasteiger partial charge in [0.05, 0.1) is 24.1 Å². The van der Waals surface area contributed by atoms with Crippen molar-refractivity contribution in [2.75, 3.05) is 32.7 Å². The van der Waals surface area contributed by atoms with E-state index in [1.807, 2.05) is 64.4 Å². The highest BCUT2D eigenvalue weighted by Gasteiger charge is 2.52. The summed E-state index contributed by atoms with van der Waals surface area (Å²) in [5, 5.41) is 12.1. The smallest absolute Gasteiger partial charge is 0.236 e. The van der Waals surface area contributed by atoms with Crippen molar-refractivity contribution in [1.29, 1.82) is 0 Å². The van der Waals surface area contributed by atoms with Crippen LogP contribution >= 0.6 is 11.6 Å². The maximum Gasteiger partial charge on any atom is 0.236 e. The number of likely N-dealkylation sites (tertiary alicyclic amines) is 3. The second-order valence-corrected chi connectivity index (χ2v) is 11.1. The first-order chi connectivity index (χ1) is 17.4. The molecule has 36 heavy (non-hydrogen) atoms. The number of nitrogens with zero attached hydrogens (tertiary/aromatic N) is 3. The van der Waals surface area contributed by atoms with Gasteiger partial charge in [0.25, 0.3) is 0 Å². The zero-order valence-electron chi connectivity index (χ0n) is 20.8. The largest absolute Gasteiger partial charge is 0.391 e. The van der Waals surface area contributed by atoms with Gasteiger partial charge in [-0.1, -0.05) is 54.1 Å². The number of hydrogen-bond donors (Lipinski definition) is 1. The molecule has 0 aliphatic carbocycles. The van der Waals surface area contributed by atoms with E-state index >= 15 is 0 Å². The second kappa shape index (κ2) is 10.9. The van der Waals surface area contributed by atoms with Crippen molar-refractivity contribution in [2.45, 2.75) is 57.2 Å². The van der Waals surface area contributed by atoms with Crippen LogP contribution in [-0.2, 0) is 16.1 Å². The third-order valence-corrected chi connectivity index (χ3v) is 8.51. The predicted molar refractivity (Wildman–Crippen MR) is 140 cm³/mol. The maximum absolute atomic E-state index is 14.2. The van der Waals surface area contributed by atoms with Crippen molar-refractivity contribution in [1.82, 2.24) is 14.7 Å². The van der Waals surface area contributed by atoms with Gasteiger partial charge in [-0.2, -0.15) is 0 Å². The molecule has 7 heteroatoms. The molecule has 1 N–H and O–H groups in total. The van der Waals surface area contributed by atoms with Gasteiger partial charge in [-0.3, -0.25) is 14.5 Å². The fraction of sp³-hybridized carbons (Fsp3) is 0.517. The summed E-state index contributed by atoms with van der Waals surface area (Å²) in [6.07, 6.45) is 4.49. The van der Waals surface area contributed by atoms with Crippen LogP contribution in [0.4, 0.5) is 0 Å². The first kappa shape index (κ1) is 25.2. The van der Waals surface area contributed by atoms with E-state index in [-0.39, 0.29) is 11.8 Å². The molecular weight excluding hydrogens is 474 g/mol. The van der Waals surface area contributed by atoms with Gasteiger partial charge in [-0.25, -0.2) is 0 Å². The van der Waals surface area contributed by atoms with E-state index in [4.69, 9.17) is 11.6 Å². The number of aliphatic hydroxyl groups excluding tert-OH is 1. The van der Waals surface area contributed by atoms with Gasteiger partial charge in [-0.15, -0.1) is 0 Å². The topological polar surface area (TPSA) is 64.1 Å². The van der Waals surface area contributed by atoms with Gasteiger partial charge < -0.3 is 14.9 Å². The van der Waals surface area contributed by atoms with Gasteiger partial charge in [0.15, 0.2) is 0 Å². The Hall–Kier alpha value is -2.41. The van der Waals surface area contributed by atoms with Gasteiger partial charge in [0.1, 0.15) is 0 Å². The number of carbonyl (C=O) groups is 2. The number of rotatable bonds is 5. The average molecular weight is 510 g/mol. The normalized spacial score (nSPS) is 24.8. The van der Waals surface area contributed by atoms with Crippen molar-refractivity contribution < 1.29 is 14.7 Å². The Bertz CT molecular complexity index is 1060. The summed E-state index contributed by atoms with van der Waals surface area (Å²) in [5.41, 5.74) is 1.29. The minimum absolute atomic E-state index is 0.101. The summed E-state index contributed by atoms with van der Waals surface area (Å²) in [6.45, 7) is 3.93. The lowest BCUT2D eigenvalue weighted by molar-refractivity contribution is -0.165. The predicted octanol–water partition coefficient (Wildman–Crippen LogP) is 4.27. The Morgan fingerprint density at radius 2 is 1.69 bits per heavy atom. The summed E-state index contributed by atoms with van der Waals surface area (Å²) in [6, 6.07) is 17.0. The Morgan fingerprint density at radius 1 is 0.972 bits per heavy atom. The minimum Gasteiger partial charge on any atom is -0.391 e. The Labute approximate surface area is 218 Å². The van der Waals surface area contributed by atoms with Crippen LogP contribution in [-0.4, -0.2) is 70.4 Å². The van der Waals surface area contributed by atoms with Crippen LogP contribution in [0.3, 0.4) is 0 Å². The van der Waals surface area contributed by atoms with Crippen molar-refractivity contribution in [3.8, 4) is 0 Å². The molecule has 0 radical (unpaired) electrons. The Morgan fingerprint density at radius 3 is 2.39 bits per heavy atom. The number of carbonyl (C=O) groups excluding carboxylic acids is 2. The molecule has 0 aromatic heterocycles. The molecule has 2 aromatic carbocycles. The van der Waals surface area contributed by atoms with E-state index in [0.29, 0.717) is 50.5 Å². The lowest BCUT2D eigenvalue weighted by Gasteiger charge is -2.51. The minimum atomic E-state index is -0.661. The van der Waals surface area contributed by atoms with Crippen molar-refractivity contribution >= 4 is 23.4 Å². The van der Waals surface area contributed by atoms with Crippen molar-refractivity contribution in [3.63, 3.8) is 0 Å². The Kier molecular flexibility index (Phi) is 7.65. The highest BCUT2D eigenvalue weighted by Crippen LogP contribution is 2.47. The molecule has 0 unspecified atom stereocenters. The third-order valence-electron chi connectivity index (χ3n) is 8.28. The van der Waals surface area contributed by atoms with Crippen LogP contribution in [0.5, 0.6) is 0 Å². The van der Waals surface area contributed by atoms with E-state index in [2.05, 4.69) is 4.90 Å². The summed E-state index contributed by atoms with van der Waals surface area (Å²) in [4.78, 5) is 33.0. The SMILES string of the molecule is O=C(CN1CCC2(CC1)C[C@@H](O)[C@H](c1ccccc1)N(Cc1cccc(Cl)c1)C2=O)N1CCCCC1. The van der Waals surface area contributed by atoms with E-state index in [9.17, 15) is 14.7 Å². The summed E-state index contributed by atoms with van der Waals surface area (Å²) in [5.74, 6) is 0.302. The number of benzene rings is 2. The van der Waals surface area contributed by atoms with E-state index in [0.717, 1.165) is 37.1 Å². The molecule has 192 valence electrons. The number of halogens is 1. The summed E-state index contributed by atoms with van der Waals surface area (Å²) < 4.78 is 0. The fourth-order valence-corrected chi connectivity index (χ4v) is 6.50. The molecule has 6 nitrogen and oxygen atoms in total. The van der Waals surface area contributed by atoms with Crippen LogP contribution in [0.15, 0.2) is 54.6 Å². The van der Waals surface area contributed by atoms with Gasteiger partial charge in [0.2, 0.25) is 11.8 Å². The van der Waals surface area contributed by atoms with Crippen LogP contribution < -0.4 is 0 Å². The number of piperidine rings is 3. The molecule has 2 amide bonds. The lowest BCUT2D eigenvalue weighted by Crippen LogP contribution is -2.58. The first-order valence-electron chi connectivity index (χ1n) is 13.2. The van der Waals surface area contributed by atoms with Crippen LogP contribution in [0.2, 0.25) is 5.02 Å². The van der Waals surface area contributed by atoms with Gasteiger partial charge >= 0.3 is 0 Å². The van der Waals surface area contributed by atoms with Gasteiger partial charge in [-0.05, 0) is 74.9 Å². The van der Waals surface area contributed by atoms with Crippen molar-refractivity contribution in [3.05, 3.63) is 70.7 Å². The van der Waals surface area contributed by atoms with E-state index in [1.165, 1.54) is 6.42 Å². The van der Waals surface area contributed by atoms with Crippen molar-refractivity contribution in [2.24, 2.45) is 5.41 Å². The lowest BCUT2D eigenvalue weighted by atomic mass is 9.68. The molecular formula is C29H36ClN3O3. The molecule has 3 aliphatic rings. The van der Waals surface area contributed by atoms with Crippen LogP contribution in [0.1, 0.15) is 55.7 Å². The molecule has 1 spiro atoms. The van der Waals surface area contributed by atoms with E-state index < -0.39 is 17.6 Å². The summed E-state index contributed by atoms with van der Waals surface area (Å²) in [7, 11) is 0.